The Hall–Kier alpha value is -1.95. The lowest BCUT2D eigenvalue weighted by Crippen LogP contribution is -2.50. The summed E-state index contributed by atoms with van der Waals surface area (Å²) >= 11 is 9.24. The molecule has 0 fully saturated rings. The lowest BCUT2D eigenvalue weighted by molar-refractivity contribution is 0.522. The normalized spacial score (nSPS) is 25.6. The predicted molar refractivity (Wildman–Crippen MR) is 111 cm³/mol. The van der Waals surface area contributed by atoms with E-state index in [1.165, 1.54) is 27.0 Å². The molecule has 1 aliphatic heterocycles. The Labute approximate surface area is 168 Å². The fourth-order valence-corrected chi connectivity index (χ4v) is 6.61. The fraction of sp³-hybridized carbons (Fsp3) is 0.267. The van der Waals surface area contributed by atoms with Gasteiger partial charge in [0.2, 0.25) is 5.96 Å². The number of aromatic nitrogens is 3. The third-order valence-corrected chi connectivity index (χ3v) is 8.89. The van der Waals surface area contributed by atoms with E-state index >= 15 is 0 Å². The maximum atomic E-state index is 12.8. The van der Waals surface area contributed by atoms with Crippen LogP contribution in [-0.2, 0) is 15.2 Å². The molecular formula is C15H15ClN6O2S3. The summed E-state index contributed by atoms with van der Waals surface area (Å²) in [6.45, 7) is 1.84. The van der Waals surface area contributed by atoms with Crippen molar-refractivity contribution in [2.45, 2.75) is 12.5 Å². The van der Waals surface area contributed by atoms with Crippen molar-refractivity contribution in [3.8, 4) is 21.5 Å². The smallest absolute Gasteiger partial charge is 0.259 e. The molecule has 0 aliphatic carbocycles. The van der Waals surface area contributed by atoms with Gasteiger partial charge in [0.05, 0.1) is 41.9 Å². The first-order valence-electron chi connectivity index (χ1n) is 7.66. The molecular weight excluding hydrogens is 428 g/mol. The Balaban J connectivity index is 1.74. The Morgan fingerprint density at radius 2 is 2.11 bits per heavy atom. The first-order chi connectivity index (χ1) is 12.7. The van der Waals surface area contributed by atoms with Crippen LogP contribution in [0.4, 0.5) is 0 Å². The SMILES string of the molecule is C=S1(=O)C[C@@](C)(c2sc(-c3nnc(-c4cncs4)o3)cc2Cl)N=C(N)N1C. The van der Waals surface area contributed by atoms with Gasteiger partial charge in [0, 0.05) is 7.05 Å². The van der Waals surface area contributed by atoms with E-state index in [0.717, 1.165) is 9.75 Å². The van der Waals surface area contributed by atoms with Crippen LogP contribution < -0.4 is 5.73 Å². The van der Waals surface area contributed by atoms with E-state index in [0.29, 0.717) is 21.7 Å². The molecule has 0 amide bonds. The zero-order chi connectivity index (χ0) is 19.4. The molecule has 0 aromatic carbocycles. The Kier molecular flexibility index (Phi) is 4.29. The van der Waals surface area contributed by atoms with Crippen LogP contribution >= 0.6 is 34.3 Å². The van der Waals surface area contributed by atoms with Crippen molar-refractivity contribution in [2.75, 3.05) is 12.8 Å². The summed E-state index contributed by atoms with van der Waals surface area (Å²) in [5.74, 6) is 4.93. The van der Waals surface area contributed by atoms with Crippen molar-refractivity contribution in [1.82, 2.24) is 19.5 Å². The molecule has 142 valence electrons. The lowest BCUT2D eigenvalue weighted by Gasteiger charge is -2.36. The molecule has 0 saturated heterocycles. The summed E-state index contributed by atoms with van der Waals surface area (Å²) in [6.07, 6.45) is 1.66. The van der Waals surface area contributed by atoms with Crippen molar-refractivity contribution in [2.24, 2.45) is 10.7 Å². The molecule has 3 aromatic heterocycles. The number of guanidine groups is 1. The Morgan fingerprint density at radius 1 is 1.41 bits per heavy atom. The van der Waals surface area contributed by atoms with E-state index in [1.54, 1.807) is 24.8 Å². The second kappa shape index (κ2) is 6.30. The molecule has 2 N–H and O–H groups in total. The largest absolute Gasteiger partial charge is 0.414 e. The van der Waals surface area contributed by atoms with Crippen molar-refractivity contribution >= 4 is 55.8 Å². The van der Waals surface area contributed by atoms with Crippen LogP contribution in [0.1, 0.15) is 11.8 Å². The van der Waals surface area contributed by atoms with Gasteiger partial charge < -0.3 is 10.2 Å². The molecule has 0 bridgehead atoms. The number of nitrogens with zero attached hydrogens (tertiary/aromatic N) is 5. The number of rotatable bonds is 3. The number of thiazole rings is 1. The third kappa shape index (κ3) is 3.14. The lowest BCUT2D eigenvalue weighted by atomic mass is 10.0. The molecule has 0 saturated carbocycles. The number of thiophene rings is 1. The minimum Gasteiger partial charge on any atom is -0.414 e. The second-order valence-electron chi connectivity index (χ2n) is 6.22. The number of nitrogens with two attached hydrogens (primary N) is 1. The van der Waals surface area contributed by atoms with E-state index in [1.807, 2.05) is 6.92 Å². The van der Waals surface area contributed by atoms with Crippen LogP contribution in [-0.4, -0.2) is 48.3 Å². The van der Waals surface area contributed by atoms with Crippen LogP contribution in [0.3, 0.4) is 0 Å². The van der Waals surface area contributed by atoms with E-state index in [4.69, 9.17) is 21.8 Å². The fourth-order valence-electron chi connectivity index (χ4n) is 2.76. The summed E-state index contributed by atoms with van der Waals surface area (Å²) in [7, 11) is -0.976. The van der Waals surface area contributed by atoms with Gasteiger partial charge in [-0.25, -0.2) is 9.20 Å². The highest BCUT2D eigenvalue weighted by Crippen LogP contribution is 2.44. The van der Waals surface area contributed by atoms with Gasteiger partial charge in [-0.15, -0.1) is 32.9 Å². The van der Waals surface area contributed by atoms with Crippen LogP contribution in [0.5, 0.6) is 0 Å². The quantitative estimate of drug-likeness (QED) is 0.624. The zero-order valence-electron chi connectivity index (χ0n) is 14.4. The van der Waals surface area contributed by atoms with E-state index in [9.17, 15) is 4.21 Å². The van der Waals surface area contributed by atoms with Gasteiger partial charge in [-0.2, -0.15) is 0 Å². The summed E-state index contributed by atoms with van der Waals surface area (Å²) in [4.78, 5) is 10.7. The number of hydrogen-bond acceptors (Lipinski definition) is 9. The summed E-state index contributed by atoms with van der Waals surface area (Å²) in [5, 5.41) is 8.63. The van der Waals surface area contributed by atoms with Gasteiger partial charge in [0.15, 0.2) is 0 Å². The molecule has 1 aliphatic rings. The van der Waals surface area contributed by atoms with Gasteiger partial charge >= 0.3 is 0 Å². The average molecular weight is 443 g/mol. The van der Waals surface area contributed by atoms with Gasteiger partial charge in [-0.3, -0.25) is 9.29 Å². The number of hydrogen-bond donors (Lipinski definition) is 1. The average Bonchev–Trinajstić information content (AvgIpc) is 3.31. The summed E-state index contributed by atoms with van der Waals surface area (Å²) in [6, 6.07) is 1.74. The third-order valence-electron chi connectivity index (χ3n) is 4.14. The number of aliphatic imine (C=N–C) groups is 1. The van der Waals surface area contributed by atoms with Crippen LogP contribution in [0.2, 0.25) is 5.02 Å². The van der Waals surface area contributed by atoms with E-state index < -0.39 is 15.2 Å². The highest BCUT2D eigenvalue weighted by Gasteiger charge is 2.40. The standard InChI is InChI=1S/C15H15ClN6O2S3/c1-15(6-27(3,23)22(2)14(17)19-15)11-8(16)4-9(26-11)12-20-21-13(24-12)10-5-18-7-25-10/h4-5,7H,3,6H2,1-2H3,(H2,17,19)/t15-,27?/m0/s1. The Morgan fingerprint density at radius 3 is 2.74 bits per heavy atom. The van der Waals surface area contributed by atoms with E-state index in [-0.39, 0.29) is 11.7 Å². The molecule has 8 nitrogen and oxygen atoms in total. The summed E-state index contributed by atoms with van der Waals surface area (Å²) < 4.78 is 20.0. The first-order valence-corrected chi connectivity index (χ1v) is 11.6. The monoisotopic (exact) mass is 442 g/mol. The molecule has 0 spiro atoms. The van der Waals surface area contributed by atoms with Crippen molar-refractivity contribution < 1.29 is 8.63 Å². The van der Waals surface area contributed by atoms with Crippen LogP contribution in [0.25, 0.3) is 21.5 Å². The second-order valence-corrected chi connectivity index (χ2v) is 11.0. The maximum absolute atomic E-state index is 12.8. The van der Waals surface area contributed by atoms with Crippen molar-refractivity contribution in [1.29, 1.82) is 0 Å². The molecule has 2 atom stereocenters. The zero-order valence-corrected chi connectivity index (χ0v) is 17.6. The van der Waals surface area contributed by atoms with E-state index in [2.05, 4.69) is 26.0 Å². The maximum Gasteiger partial charge on any atom is 0.259 e. The first kappa shape index (κ1) is 18.4. The highest BCUT2D eigenvalue weighted by molar-refractivity contribution is 7.98. The Bertz CT molecular complexity index is 1130. The molecule has 4 heterocycles. The van der Waals surface area contributed by atoms with Crippen molar-refractivity contribution in [3.05, 3.63) is 27.7 Å². The highest BCUT2D eigenvalue weighted by atomic mass is 35.5. The van der Waals surface area contributed by atoms with Crippen molar-refractivity contribution in [3.63, 3.8) is 0 Å². The molecule has 12 heteroatoms. The van der Waals surface area contributed by atoms with Gasteiger partial charge in [-0.05, 0) is 18.9 Å². The van der Waals surface area contributed by atoms with Crippen LogP contribution in [0, 0.1) is 0 Å². The molecule has 3 aromatic rings. The molecule has 27 heavy (non-hydrogen) atoms. The van der Waals surface area contributed by atoms with Gasteiger partial charge in [0.1, 0.15) is 10.4 Å². The number of halogens is 1. The van der Waals surface area contributed by atoms with Gasteiger partial charge in [0.25, 0.3) is 11.8 Å². The minimum atomic E-state index is -2.60. The van der Waals surface area contributed by atoms with Gasteiger partial charge in [-0.1, -0.05) is 11.6 Å². The topological polar surface area (TPSA) is 110 Å². The molecule has 0 radical (unpaired) electrons. The molecule has 1 unspecified atom stereocenters. The minimum absolute atomic E-state index is 0.167. The predicted octanol–water partition coefficient (Wildman–Crippen LogP) is 2.68. The molecule has 4 rings (SSSR count). The summed E-state index contributed by atoms with van der Waals surface area (Å²) in [5.41, 5.74) is 6.81. The van der Waals surface area contributed by atoms with Crippen LogP contribution in [0.15, 0.2) is 27.2 Å².